The molecule has 8 heteroatoms. The first kappa shape index (κ1) is 20.3. The Morgan fingerprint density at radius 2 is 1.91 bits per heavy atom. The third-order valence-electron chi connectivity index (χ3n) is 2.35. The Morgan fingerprint density at radius 1 is 1.23 bits per heavy atom. The minimum absolute atomic E-state index is 0.0339. The van der Waals surface area contributed by atoms with Gasteiger partial charge in [-0.05, 0) is 19.6 Å². The maximum absolute atomic E-state index is 11.6. The molecule has 0 aliphatic heterocycles. The maximum Gasteiger partial charge on any atom is 0.333 e. The van der Waals surface area contributed by atoms with Gasteiger partial charge in [0.25, 0.3) is 0 Å². The molecule has 2 N–H and O–H groups in total. The lowest BCUT2D eigenvalue weighted by Crippen LogP contribution is -2.46. The predicted octanol–water partition coefficient (Wildman–Crippen LogP) is 1.09. The Hall–Kier alpha value is -1.70. The molecule has 0 spiro atoms. The van der Waals surface area contributed by atoms with Crippen LogP contribution < -0.4 is 10.6 Å². The van der Waals surface area contributed by atoms with E-state index in [0.717, 1.165) is 11.5 Å². The van der Waals surface area contributed by atoms with Crippen LogP contribution in [0.2, 0.25) is 0 Å². The summed E-state index contributed by atoms with van der Waals surface area (Å²) in [6.07, 6.45) is 0. The van der Waals surface area contributed by atoms with Gasteiger partial charge in [0.2, 0.25) is 0 Å². The Bertz CT molecular complexity index is 401. The average molecular weight is 332 g/mol. The lowest BCUT2D eigenvalue weighted by atomic mass is 10.3. The second kappa shape index (κ2) is 11.9. The number of carbonyl (C=O) groups excluding carboxylic acids is 3. The quantitative estimate of drug-likeness (QED) is 0.353. The molecule has 126 valence electrons. The number of nitrogens with one attached hydrogen (secondary N) is 2. The van der Waals surface area contributed by atoms with Gasteiger partial charge in [-0.1, -0.05) is 13.5 Å². The summed E-state index contributed by atoms with van der Waals surface area (Å²) < 4.78 is 9.82. The second-order valence-corrected chi connectivity index (χ2v) is 5.80. The molecule has 0 radical (unpaired) electrons. The first-order valence-electron chi connectivity index (χ1n) is 6.99. The third kappa shape index (κ3) is 10.1. The van der Waals surface area contributed by atoms with E-state index < -0.39 is 24.0 Å². The summed E-state index contributed by atoms with van der Waals surface area (Å²) in [6, 6.07) is -1.27. The van der Waals surface area contributed by atoms with Gasteiger partial charge in [-0.2, -0.15) is 11.8 Å². The van der Waals surface area contributed by atoms with E-state index in [0.29, 0.717) is 12.2 Å². The first-order valence-corrected chi connectivity index (χ1v) is 8.15. The summed E-state index contributed by atoms with van der Waals surface area (Å²) in [5, 5.41) is 4.91. The number of rotatable bonds is 10. The Kier molecular flexibility index (Phi) is 11.0. The molecule has 0 aromatic heterocycles. The lowest BCUT2D eigenvalue weighted by molar-refractivity contribution is -0.144. The van der Waals surface area contributed by atoms with E-state index in [1.165, 1.54) is 13.8 Å². The van der Waals surface area contributed by atoms with E-state index in [9.17, 15) is 14.4 Å². The van der Waals surface area contributed by atoms with Crippen LogP contribution in [0.1, 0.15) is 20.8 Å². The molecule has 0 aliphatic rings. The van der Waals surface area contributed by atoms with Crippen LogP contribution >= 0.6 is 11.8 Å². The minimum Gasteiger partial charge on any atom is -0.463 e. The summed E-state index contributed by atoms with van der Waals surface area (Å²) >= 11 is 1.67. The van der Waals surface area contributed by atoms with E-state index in [1.54, 1.807) is 11.8 Å². The molecule has 0 heterocycles. The van der Waals surface area contributed by atoms with Crippen molar-refractivity contribution in [2.75, 3.05) is 31.3 Å². The van der Waals surface area contributed by atoms with Crippen LogP contribution in [0.15, 0.2) is 12.2 Å². The van der Waals surface area contributed by atoms with E-state index in [4.69, 9.17) is 9.47 Å². The Balaban J connectivity index is 3.79. The largest absolute Gasteiger partial charge is 0.463 e. The van der Waals surface area contributed by atoms with Crippen molar-refractivity contribution in [2.24, 2.45) is 0 Å². The highest BCUT2D eigenvalue weighted by Crippen LogP contribution is 1.98. The van der Waals surface area contributed by atoms with Gasteiger partial charge in [-0.3, -0.25) is 0 Å². The van der Waals surface area contributed by atoms with E-state index in [1.807, 2.05) is 6.92 Å². The molecule has 0 aliphatic carbocycles. The molecule has 7 nitrogen and oxygen atoms in total. The monoisotopic (exact) mass is 332 g/mol. The maximum atomic E-state index is 11.6. The highest BCUT2D eigenvalue weighted by atomic mass is 32.2. The van der Waals surface area contributed by atoms with Crippen molar-refractivity contribution in [3.8, 4) is 0 Å². The van der Waals surface area contributed by atoms with Crippen molar-refractivity contribution in [3.05, 3.63) is 12.2 Å². The molecule has 0 rings (SSSR count). The standard InChI is InChI=1S/C14H24N2O5S/c1-5-22-9-8-21-13(18)11(4)16-14(19)15-6-7-20-12(17)10(2)3/h11H,2,5-9H2,1,3-4H3,(H2,15,16,19). The van der Waals surface area contributed by atoms with E-state index in [-0.39, 0.29) is 13.2 Å². The highest BCUT2D eigenvalue weighted by Gasteiger charge is 2.16. The Labute approximate surface area is 135 Å². The van der Waals surface area contributed by atoms with Gasteiger partial charge in [0, 0.05) is 11.3 Å². The van der Waals surface area contributed by atoms with Crippen LogP contribution in [0.5, 0.6) is 0 Å². The normalized spacial score (nSPS) is 11.2. The van der Waals surface area contributed by atoms with Crippen molar-refractivity contribution < 1.29 is 23.9 Å². The fourth-order valence-corrected chi connectivity index (χ4v) is 1.70. The van der Waals surface area contributed by atoms with Crippen LogP contribution in [0.3, 0.4) is 0 Å². The second-order valence-electron chi connectivity index (χ2n) is 4.40. The zero-order valence-corrected chi connectivity index (χ0v) is 14.1. The van der Waals surface area contributed by atoms with Crippen LogP contribution in [0.4, 0.5) is 4.79 Å². The number of hydrogen-bond donors (Lipinski definition) is 2. The SMILES string of the molecule is C=C(C)C(=O)OCCNC(=O)NC(C)C(=O)OCCSCC. The fourth-order valence-electron chi connectivity index (χ4n) is 1.21. The number of ether oxygens (including phenoxy) is 2. The van der Waals surface area contributed by atoms with Gasteiger partial charge in [-0.15, -0.1) is 0 Å². The molecule has 0 saturated heterocycles. The van der Waals surface area contributed by atoms with Crippen molar-refractivity contribution in [2.45, 2.75) is 26.8 Å². The third-order valence-corrected chi connectivity index (χ3v) is 3.21. The van der Waals surface area contributed by atoms with Gasteiger partial charge in [0.1, 0.15) is 19.3 Å². The smallest absolute Gasteiger partial charge is 0.333 e. The molecule has 0 aromatic carbocycles. The van der Waals surface area contributed by atoms with Gasteiger partial charge in [0.15, 0.2) is 0 Å². The summed E-state index contributed by atoms with van der Waals surface area (Å²) in [6.45, 7) is 9.03. The molecule has 22 heavy (non-hydrogen) atoms. The molecule has 1 atom stereocenters. The summed E-state index contributed by atoms with van der Waals surface area (Å²) in [5.74, 6) is 0.698. The lowest BCUT2D eigenvalue weighted by Gasteiger charge is -2.14. The molecule has 0 bridgehead atoms. The van der Waals surface area contributed by atoms with Crippen molar-refractivity contribution in [1.82, 2.24) is 10.6 Å². The highest BCUT2D eigenvalue weighted by molar-refractivity contribution is 7.99. The van der Waals surface area contributed by atoms with Crippen LogP contribution in [0, 0.1) is 0 Å². The summed E-state index contributed by atoms with van der Waals surface area (Å²) in [5.41, 5.74) is 0.294. The zero-order valence-electron chi connectivity index (χ0n) is 13.3. The Morgan fingerprint density at radius 3 is 2.50 bits per heavy atom. The number of esters is 2. The first-order chi connectivity index (χ1) is 10.4. The topological polar surface area (TPSA) is 93.7 Å². The van der Waals surface area contributed by atoms with Gasteiger partial charge in [-0.25, -0.2) is 14.4 Å². The van der Waals surface area contributed by atoms with E-state index >= 15 is 0 Å². The van der Waals surface area contributed by atoms with Gasteiger partial charge in [0.05, 0.1) is 6.54 Å². The fraction of sp³-hybridized carbons (Fsp3) is 0.643. The summed E-state index contributed by atoms with van der Waals surface area (Å²) in [7, 11) is 0. The molecular weight excluding hydrogens is 308 g/mol. The number of urea groups is 1. The molecule has 0 fully saturated rings. The molecule has 0 saturated carbocycles. The van der Waals surface area contributed by atoms with Crippen molar-refractivity contribution in [1.29, 1.82) is 0 Å². The molecule has 2 amide bonds. The number of thioether (sulfide) groups is 1. The van der Waals surface area contributed by atoms with Crippen LogP contribution in [0.25, 0.3) is 0 Å². The number of amides is 2. The number of hydrogen-bond acceptors (Lipinski definition) is 6. The molecule has 0 aromatic rings. The summed E-state index contributed by atoms with van der Waals surface area (Å²) in [4.78, 5) is 34.2. The zero-order chi connectivity index (χ0) is 17.0. The minimum atomic E-state index is -0.746. The predicted molar refractivity (Wildman–Crippen MR) is 85.7 cm³/mol. The van der Waals surface area contributed by atoms with E-state index in [2.05, 4.69) is 17.2 Å². The van der Waals surface area contributed by atoms with Crippen molar-refractivity contribution in [3.63, 3.8) is 0 Å². The van der Waals surface area contributed by atoms with Gasteiger partial charge < -0.3 is 20.1 Å². The number of carbonyl (C=O) groups is 3. The van der Waals surface area contributed by atoms with Crippen LogP contribution in [-0.2, 0) is 19.1 Å². The van der Waals surface area contributed by atoms with Gasteiger partial charge >= 0.3 is 18.0 Å². The average Bonchev–Trinajstić information content (AvgIpc) is 2.47. The van der Waals surface area contributed by atoms with Crippen molar-refractivity contribution >= 4 is 29.7 Å². The molecular formula is C14H24N2O5S. The van der Waals surface area contributed by atoms with Crippen LogP contribution in [-0.4, -0.2) is 55.3 Å². The molecule has 1 unspecified atom stereocenters.